The molecule has 0 aliphatic rings. The highest BCUT2D eigenvalue weighted by molar-refractivity contribution is 5.61. The third-order valence-corrected chi connectivity index (χ3v) is 4.14. The molecule has 1 unspecified atom stereocenters. The zero-order chi connectivity index (χ0) is 17.8. The monoisotopic (exact) mass is 337 g/mol. The van der Waals surface area contributed by atoms with Gasteiger partial charge in [-0.05, 0) is 13.3 Å². The van der Waals surface area contributed by atoms with Crippen molar-refractivity contribution in [3.8, 4) is 22.8 Å². The van der Waals surface area contributed by atoms with Gasteiger partial charge in [0.25, 0.3) is 0 Å². The third kappa shape index (κ3) is 3.74. The molecule has 1 atom stereocenters. The Bertz CT molecular complexity index is 844. The van der Waals surface area contributed by atoms with Crippen LogP contribution in [0, 0.1) is 6.92 Å². The lowest BCUT2D eigenvalue weighted by Gasteiger charge is -2.11. The summed E-state index contributed by atoms with van der Waals surface area (Å²) < 4.78 is 1.76. The molecule has 0 spiro atoms. The maximum Gasteiger partial charge on any atom is 0.161 e. The van der Waals surface area contributed by atoms with Gasteiger partial charge in [0, 0.05) is 18.2 Å². The zero-order valence-corrected chi connectivity index (χ0v) is 14.8. The fraction of sp³-hybridized carbons (Fsp3) is 0.368. The van der Waals surface area contributed by atoms with Crippen LogP contribution in [0.4, 0.5) is 0 Å². The van der Waals surface area contributed by atoms with E-state index >= 15 is 0 Å². The van der Waals surface area contributed by atoms with Gasteiger partial charge in [0.15, 0.2) is 17.5 Å². The first-order chi connectivity index (χ1) is 12.1. The molecule has 3 rings (SSSR count). The maximum absolute atomic E-state index is 10.0. The number of aryl methyl sites for hydroxylation is 2. The smallest absolute Gasteiger partial charge is 0.161 e. The number of aromatic nitrogens is 5. The van der Waals surface area contributed by atoms with Gasteiger partial charge in [0.1, 0.15) is 0 Å². The molecule has 2 heterocycles. The number of hydrogen-bond acceptors (Lipinski definition) is 5. The molecular formula is C19H23N5O. The number of aliphatic hydroxyl groups is 1. The van der Waals surface area contributed by atoms with Crippen LogP contribution >= 0.6 is 0 Å². The van der Waals surface area contributed by atoms with Gasteiger partial charge in [0.2, 0.25) is 0 Å². The van der Waals surface area contributed by atoms with Gasteiger partial charge in [-0.2, -0.15) is 5.10 Å². The van der Waals surface area contributed by atoms with E-state index in [1.54, 1.807) is 10.9 Å². The average Bonchev–Trinajstić information content (AvgIpc) is 3.04. The lowest BCUT2D eigenvalue weighted by molar-refractivity contribution is 0.145. The van der Waals surface area contributed by atoms with Crippen LogP contribution in [0.2, 0.25) is 0 Å². The third-order valence-electron chi connectivity index (χ3n) is 4.14. The molecule has 0 radical (unpaired) electrons. The zero-order valence-electron chi connectivity index (χ0n) is 14.8. The Kier molecular flexibility index (Phi) is 5.19. The minimum absolute atomic E-state index is 0.415. The van der Waals surface area contributed by atoms with Crippen LogP contribution in [0.3, 0.4) is 0 Å². The Morgan fingerprint density at radius 1 is 1.12 bits per heavy atom. The molecule has 0 fully saturated rings. The largest absolute Gasteiger partial charge is 0.391 e. The summed E-state index contributed by atoms with van der Waals surface area (Å²) in [5.74, 6) is 2.16. The Balaban J connectivity index is 2.00. The molecule has 0 aliphatic carbocycles. The second-order valence-corrected chi connectivity index (χ2v) is 6.01. The SMILES string of the molecule is CCc1nc(-c2cnc(-c3ccccc3)nc2C)n(CC(O)CC)n1. The quantitative estimate of drug-likeness (QED) is 0.748. The topological polar surface area (TPSA) is 76.7 Å². The van der Waals surface area contributed by atoms with Crippen molar-refractivity contribution < 1.29 is 5.11 Å². The van der Waals surface area contributed by atoms with Crippen molar-refractivity contribution in [1.29, 1.82) is 0 Å². The second-order valence-electron chi connectivity index (χ2n) is 6.01. The Labute approximate surface area is 147 Å². The number of aliphatic hydroxyl groups excluding tert-OH is 1. The van der Waals surface area contributed by atoms with Crippen LogP contribution in [0.1, 0.15) is 31.8 Å². The molecule has 0 amide bonds. The van der Waals surface area contributed by atoms with Crippen molar-refractivity contribution in [1.82, 2.24) is 24.7 Å². The molecule has 0 aliphatic heterocycles. The molecule has 2 aromatic heterocycles. The van der Waals surface area contributed by atoms with E-state index in [1.165, 1.54) is 0 Å². The average molecular weight is 337 g/mol. The summed E-state index contributed by atoms with van der Waals surface area (Å²) in [6, 6.07) is 9.89. The molecule has 25 heavy (non-hydrogen) atoms. The summed E-state index contributed by atoms with van der Waals surface area (Å²) >= 11 is 0. The summed E-state index contributed by atoms with van der Waals surface area (Å²) in [6.45, 7) is 6.33. The summed E-state index contributed by atoms with van der Waals surface area (Å²) in [5, 5.41) is 14.5. The highest BCUT2D eigenvalue weighted by Gasteiger charge is 2.17. The highest BCUT2D eigenvalue weighted by Crippen LogP contribution is 2.23. The van der Waals surface area contributed by atoms with Gasteiger partial charge in [-0.3, -0.25) is 0 Å². The molecule has 0 saturated carbocycles. The molecule has 0 bridgehead atoms. The van der Waals surface area contributed by atoms with E-state index in [-0.39, 0.29) is 0 Å². The Hall–Kier alpha value is -2.60. The van der Waals surface area contributed by atoms with E-state index in [9.17, 15) is 5.11 Å². The molecule has 1 aromatic carbocycles. The summed E-state index contributed by atoms with van der Waals surface area (Å²) in [4.78, 5) is 13.8. The van der Waals surface area contributed by atoms with E-state index in [0.29, 0.717) is 24.6 Å². The number of rotatable bonds is 6. The van der Waals surface area contributed by atoms with E-state index in [4.69, 9.17) is 0 Å². The number of nitrogens with zero attached hydrogens (tertiary/aromatic N) is 5. The van der Waals surface area contributed by atoms with Gasteiger partial charge < -0.3 is 5.11 Å². The molecule has 6 heteroatoms. The van der Waals surface area contributed by atoms with Crippen molar-refractivity contribution in [2.75, 3.05) is 0 Å². The molecule has 130 valence electrons. The van der Waals surface area contributed by atoms with E-state index in [0.717, 1.165) is 29.1 Å². The van der Waals surface area contributed by atoms with Crippen LogP contribution < -0.4 is 0 Å². The lowest BCUT2D eigenvalue weighted by atomic mass is 10.2. The summed E-state index contributed by atoms with van der Waals surface area (Å²) in [6.07, 6.45) is 2.76. The normalized spacial score (nSPS) is 12.3. The van der Waals surface area contributed by atoms with Crippen LogP contribution in [-0.4, -0.2) is 35.9 Å². The van der Waals surface area contributed by atoms with Gasteiger partial charge in [0.05, 0.1) is 23.9 Å². The summed E-state index contributed by atoms with van der Waals surface area (Å²) in [5.41, 5.74) is 2.67. The maximum atomic E-state index is 10.0. The van der Waals surface area contributed by atoms with E-state index in [1.807, 2.05) is 51.1 Å². The van der Waals surface area contributed by atoms with Crippen molar-refractivity contribution in [2.45, 2.75) is 46.3 Å². The van der Waals surface area contributed by atoms with E-state index < -0.39 is 6.10 Å². The van der Waals surface area contributed by atoms with Crippen molar-refractivity contribution in [2.24, 2.45) is 0 Å². The van der Waals surface area contributed by atoms with Gasteiger partial charge in [-0.1, -0.05) is 44.2 Å². The van der Waals surface area contributed by atoms with Crippen LogP contribution in [0.5, 0.6) is 0 Å². The Morgan fingerprint density at radius 3 is 2.52 bits per heavy atom. The molecule has 1 N–H and O–H groups in total. The predicted molar refractivity (Wildman–Crippen MR) is 96.9 cm³/mol. The van der Waals surface area contributed by atoms with Crippen molar-refractivity contribution in [3.05, 3.63) is 48.0 Å². The van der Waals surface area contributed by atoms with Gasteiger partial charge in [-0.25, -0.2) is 19.6 Å². The molecule has 0 saturated heterocycles. The Morgan fingerprint density at radius 2 is 1.88 bits per heavy atom. The predicted octanol–water partition coefficient (Wildman–Crippen LogP) is 3.04. The second kappa shape index (κ2) is 7.53. The standard InChI is InChI=1S/C19H23N5O/c1-4-15(25)12-24-19(22-17(5-2)23-24)16-11-20-18(21-13(16)3)14-9-7-6-8-10-14/h6-11,15,25H,4-5,12H2,1-3H3. The van der Waals surface area contributed by atoms with E-state index in [2.05, 4.69) is 20.1 Å². The van der Waals surface area contributed by atoms with Crippen molar-refractivity contribution in [3.63, 3.8) is 0 Å². The molecule has 3 aromatic rings. The molecular weight excluding hydrogens is 314 g/mol. The number of hydrogen-bond donors (Lipinski definition) is 1. The summed E-state index contributed by atoms with van der Waals surface area (Å²) in [7, 11) is 0. The van der Waals surface area contributed by atoms with Crippen LogP contribution in [0.15, 0.2) is 36.5 Å². The first-order valence-electron chi connectivity index (χ1n) is 8.63. The first-order valence-corrected chi connectivity index (χ1v) is 8.63. The number of benzene rings is 1. The fourth-order valence-electron chi connectivity index (χ4n) is 2.61. The molecule has 6 nitrogen and oxygen atoms in total. The minimum atomic E-state index is -0.449. The van der Waals surface area contributed by atoms with Gasteiger partial charge in [-0.15, -0.1) is 0 Å². The van der Waals surface area contributed by atoms with Crippen LogP contribution in [-0.2, 0) is 13.0 Å². The van der Waals surface area contributed by atoms with Crippen LogP contribution in [0.25, 0.3) is 22.8 Å². The van der Waals surface area contributed by atoms with Gasteiger partial charge >= 0.3 is 0 Å². The van der Waals surface area contributed by atoms with Crippen molar-refractivity contribution >= 4 is 0 Å². The lowest BCUT2D eigenvalue weighted by Crippen LogP contribution is -2.17. The fourth-order valence-corrected chi connectivity index (χ4v) is 2.61. The minimum Gasteiger partial charge on any atom is -0.391 e. The highest BCUT2D eigenvalue weighted by atomic mass is 16.3. The first kappa shape index (κ1) is 17.2.